The van der Waals surface area contributed by atoms with E-state index in [-0.39, 0.29) is 17.1 Å². The molecule has 3 heterocycles. The number of hydrogen-bond acceptors (Lipinski definition) is 5. The summed E-state index contributed by atoms with van der Waals surface area (Å²) in [5, 5.41) is 0.606. The predicted octanol–water partition coefficient (Wildman–Crippen LogP) is 6.14. The fourth-order valence-corrected chi connectivity index (χ4v) is 5.77. The SMILES string of the molecule is Cc1sc2nc(CSCC(=O)c3cc(C)n(-c4cccc(C(F)(F)F)c4)c3C)[nH]c(=O)c2c1C. The first-order valence-corrected chi connectivity index (χ1v) is 12.4. The number of halogens is 3. The molecule has 5 nitrogen and oxygen atoms in total. The number of Topliss-reactive ketones (excluding diaryl/α,β-unsaturated/α-hetero) is 1. The number of aromatic amines is 1. The summed E-state index contributed by atoms with van der Waals surface area (Å²) >= 11 is 2.80. The van der Waals surface area contributed by atoms with Crippen LogP contribution in [0.1, 0.15) is 43.6 Å². The molecule has 0 unspecified atom stereocenters. The van der Waals surface area contributed by atoms with Gasteiger partial charge in [0.1, 0.15) is 10.7 Å². The van der Waals surface area contributed by atoms with Crippen molar-refractivity contribution < 1.29 is 18.0 Å². The van der Waals surface area contributed by atoms with Crippen LogP contribution in [0, 0.1) is 27.7 Å². The number of rotatable bonds is 6. The van der Waals surface area contributed by atoms with E-state index < -0.39 is 11.7 Å². The number of ketones is 1. The maximum Gasteiger partial charge on any atom is 0.416 e. The second-order valence-electron chi connectivity index (χ2n) is 8.06. The van der Waals surface area contributed by atoms with Crippen molar-refractivity contribution in [3.05, 3.63) is 79.5 Å². The van der Waals surface area contributed by atoms with Crippen LogP contribution in [0.2, 0.25) is 0 Å². The van der Waals surface area contributed by atoms with Crippen molar-refractivity contribution in [1.82, 2.24) is 14.5 Å². The van der Waals surface area contributed by atoms with E-state index in [0.29, 0.717) is 44.4 Å². The van der Waals surface area contributed by atoms with Gasteiger partial charge in [0.05, 0.1) is 22.5 Å². The topological polar surface area (TPSA) is 67.8 Å². The van der Waals surface area contributed by atoms with Crippen LogP contribution in [-0.2, 0) is 11.9 Å². The normalized spacial score (nSPS) is 12.0. The number of hydrogen-bond donors (Lipinski definition) is 1. The smallest absolute Gasteiger partial charge is 0.318 e. The average Bonchev–Trinajstić information content (AvgIpc) is 3.22. The number of aryl methyl sites for hydroxylation is 3. The minimum absolute atomic E-state index is 0.137. The molecule has 0 atom stereocenters. The van der Waals surface area contributed by atoms with Gasteiger partial charge in [0.25, 0.3) is 5.56 Å². The van der Waals surface area contributed by atoms with E-state index in [2.05, 4.69) is 9.97 Å². The second kappa shape index (κ2) is 9.07. The highest BCUT2D eigenvalue weighted by Gasteiger charge is 2.31. The van der Waals surface area contributed by atoms with E-state index >= 15 is 0 Å². The number of fused-ring (bicyclic) bond motifs is 1. The van der Waals surface area contributed by atoms with Crippen LogP contribution in [0.5, 0.6) is 0 Å². The van der Waals surface area contributed by atoms with Crippen molar-refractivity contribution in [3.63, 3.8) is 0 Å². The summed E-state index contributed by atoms with van der Waals surface area (Å²) in [5.74, 6) is 0.879. The van der Waals surface area contributed by atoms with Gasteiger partial charge in [-0.3, -0.25) is 9.59 Å². The average molecular weight is 506 g/mol. The van der Waals surface area contributed by atoms with Gasteiger partial charge in [-0.05, 0) is 57.5 Å². The zero-order valence-electron chi connectivity index (χ0n) is 19.0. The first kappa shape index (κ1) is 24.3. The number of nitrogens with zero attached hydrogens (tertiary/aromatic N) is 2. The van der Waals surface area contributed by atoms with Crippen molar-refractivity contribution in [2.45, 2.75) is 39.6 Å². The molecule has 178 valence electrons. The maximum absolute atomic E-state index is 13.1. The highest BCUT2D eigenvalue weighted by molar-refractivity contribution is 7.99. The Morgan fingerprint density at radius 2 is 1.91 bits per heavy atom. The molecule has 1 N–H and O–H groups in total. The Labute approximate surface area is 202 Å². The summed E-state index contributed by atoms with van der Waals surface area (Å²) in [6, 6.07) is 6.74. The molecule has 0 bridgehead atoms. The molecule has 0 spiro atoms. The monoisotopic (exact) mass is 505 g/mol. The highest BCUT2D eigenvalue weighted by Crippen LogP contribution is 2.32. The molecule has 0 fully saturated rings. The molecule has 0 aliphatic rings. The van der Waals surface area contributed by atoms with E-state index in [1.807, 2.05) is 13.8 Å². The molecular formula is C24H22F3N3O2S2. The number of H-pyrrole nitrogens is 1. The number of nitrogens with one attached hydrogen (secondary N) is 1. The van der Waals surface area contributed by atoms with Crippen LogP contribution < -0.4 is 5.56 Å². The lowest BCUT2D eigenvalue weighted by Crippen LogP contribution is -2.11. The first-order chi connectivity index (χ1) is 16.0. The molecule has 3 aromatic heterocycles. The van der Waals surface area contributed by atoms with Crippen LogP contribution in [0.15, 0.2) is 35.1 Å². The van der Waals surface area contributed by atoms with E-state index in [0.717, 1.165) is 22.6 Å². The zero-order chi connectivity index (χ0) is 24.8. The number of carbonyl (C=O) groups excluding carboxylic acids is 1. The lowest BCUT2D eigenvalue weighted by molar-refractivity contribution is -0.137. The Morgan fingerprint density at radius 1 is 1.18 bits per heavy atom. The molecular weight excluding hydrogens is 483 g/mol. The van der Waals surface area contributed by atoms with Gasteiger partial charge in [0.2, 0.25) is 0 Å². The fourth-order valence-electron chi connectivity index (χ4n) is 3.95. The summed E-state index contributed by atoms with van der Waals surface area (Å²) < 4.78 is 41.1. The fraction of sp³-hybridized carbons (Fsp3) is 0.292. The van der Waals surface area contributed by atoms with E-state index in [9.17, 15) is 22.8 Å². The Kier molecular flexibility index (Phi) is 6.48. The van der Waals surface area contributed by atoms with Crippen molar-refractivity contribution in [2.24, 2.45) is 0 Å². The number of aromatic nitrogens is 3. The Hall–Kier alpha value is -2.85. The first-order valence-electron chi connectivity index (χ1n) is 10.4. The van der Waals surface area contributed by atoms with E-state index in [4.69, 9.17) is 0 Å². The summed E-state index contributed by atoms with van der Waals surface area (Å²) in [7, 11) is 0. The Balaban J connectivity index is 1.51. The third-order valence-electron chi connectivity index (χ3n) is 5.72. The molecule has 0 aliphatic carbocycles. The van der Waals surface area contributed by atoms with Crippen LogP contribution >= 0.6 is 23.1 Å². The van der Waals surface area contributed by atoms with Gasteiger partial charge >= 0.3 is 6.18 Å². The second-order valence-corrected chi connectivity index (χ2v) is 10.2. The third kappa shape index (κ3) is 4.56. The Bertz CT molecular complexity index is 1460. The number of carbonyl (C=O) groups is 1. The largest absolute Gasteiger partial charge is 0.416 e. The van der Waals surface area contributed by atoms with Gasteiger partial charge in [-0.1, -0.05) is 6.07 Å². The van der Waals surface area contributed by atoms with Gasteiger partial charge in [-0.15, -0.1) is 23.1 Å². The highest BCUT2D eigenvalue weighted by atomic mass is 32.2. The third-order valence-corrected chi connectivity index (χ3v) is 7.77. The van der Waals surface area contributed by atoms with Crippen molar-refractivity contribution >= 4 is 39.1 Å². The Morgan fingerprint density at radius 3 is 2.62 bits per heavy atom. The van der Waals surface area contributed by atoms with Crippen molar-refractivity contribution in [3.8, 4) is 5.69 Å². The summed E-state index contributed by atoms with van der Waals surface area (Å²) in [5.41, 5.74) is 2.08. The molecule has 0 saturated heterocycles. The van der Waals surface area contributed by atoms with Gasteiger partial charge in [0.15, 0.2) is 5.78 Å². The quantitative estimate of drug-likeness (QED) is 0.320. The van der Waals surface area contributed by atoms with E-state index in [1.54, 1.807) is 30.5 Å². The molecule has 0 amide bonds. The number of thiophene rings is 1. The van der Waals surface area contributed by atoms with Crippen LogP contribution in [0.3, 0.4) is 0 Å². The summed E-state index contributed by atoms with van der Waals surface area (Å²) in [6.45, 7) is 7.32. The molecule has 10 heteroatoms. The van der Waals surface area contributed by atoms with Gasteiger partial charge < -0.3 is 9.55 Å². The van der Waals surface area contributed by atoms with Gasteiger partial charge in [-0.2, -0.15) is 13.2 Å². The van der Waals surface area contributed by atoms with Crippen molar-refractivity contribution in [1.29, 1.82) is 0 Å². The molecule has 0 radical (unpaired) electrons. The summed E-state index contributed by atoms with van der Waals surface area (Å²) in [4.78, 5) is 34.4. The summed E-state index contributed by atoms with van der Waals surface area (Å²) in [6.07, 6.45) is -4.45. The minimum atomic E-state index is -4.45. The maximum atomic E-state index is 13.1. The molecule has 0 aliphatic heterocycles. The number of thioether (sulfide) groups is 1. The van der Waals surface area contributed by atoms with Crippen LogP contribution in [0.4, 0.5) is 13.2 Å². The van der Waals surface area contributed by atoms with Crippen LogP contribution in [-0.4, -0.2) is 26.1 Å². The van der Waals surface area contributed by atoms with Gasteiger partial charge in [0, 0.05) is 27.5 Å². The molecule has 34 heavy (non-hydrogen) atoms. The molecule has 0 saturated carbocycles. The molecule has 4 aromatic rings. The predicted molar refractivity (Wildman–Crippen MR) is 130 cm³/mol. The lowest BCUT2D eigenvalue weighted by Gasteiger charge is -2.13. The molecule has 4 rings (SSSR count). The standard InChI is InChI=1S/C24H22F3N3O2S2/c1-12-8-18(14(3)30(12)17-7-5-6-16(9-17)24(25,26)27)19(31)10-33-11-20-28-22(32)21-13(2)15(4)34-23(21)29-20/h5-9H,10-11H2,1-4H3,(H,28,29,32). The van der Waals surface area contributed by atoms with Crippen molar-refractivity contribution in [2.75, 3.05) is 5.75 Å². The minimum Gasteiger partial charge on any atom is -0.318 e. The molecule has 1 aromatic carbocycles. The van der Waals surface area contributed by atoms with Gasteiger partial charge in [-0.25, -0.2) is 4.98 Å². The number of benzene rings is 1. The zero-order valence-corrected chi connectivity index (χ0v) is 20.6. The van der Waals surface area contributed by atoms with Crippen LogP contribution in [0.25, 0.3) is 15.9 Å². The van der Waals surface area contributed by atoms with E-state index in [1.165, 1.54) is 29.2 Å². The lowest BCUT2D eigenvalue weighted by atomic mass is 10.1. The number of alkyl halides is 3.